The van der Waals surface area contributed by atoms with E-state index in [1.807, 2.05) is 0 Å². The predicted molar refractivity (Wildman–Crippen MR) is 56.4 cm³/mol. The molecule has 9 nitrogen and oxygen atoms in total. The van der Waals surface area contributed by atoms with Crippen LogP contribution in [0.5, 0.6) is 0 Å². The summed E-state index contributed by atoms with van der Waals surface area (Å²) in [5.74, 6) is -2.49. The molecule has 0 rings (SSSR count). The molecule has 0 heterocycles. The van der Waals surface area contributed by atoms with E-state index < -0.39 is 57.5 Å². The van der Waals surface area contributed by atoms with Gasteiger partial charge in [0.1, 0.15) is 0 Å². The van der Waals surface area contributed by atoms with E-state index in [-0.39, 0.29) is 0 Å². The highest BCUT2D eigenvalue weighted by Gasteiger charge is 2.27. The molecule has 2 unspecified atom stereocenters. The lowest BCUT2D eigenvalue weighted by atomic mass is 10.1. The van der Waals surface area contributed by atoms with Crippen LogP contribution < -0.4 is 0 Å². The first-order valence-corrected chi connectivity index (χ1v) is 5.03. The van der Waals surface area contributed by atoms with Crippen LogP contribution in [0, 0.1) is 0 Å². The summed E-state index contributed by atoms with van der Waals surface area (Å²) in [6.07, 6.45) is -3.50. The van der Waals surface area contributed by atoms with Gasteiger partial charge in [-0.2, -0.15) is 0 Å². The van der Waals surface area contributed by atoms with Crippen LogP contribution in [0.2, 0.25) is 0 Å². The summed E-state index contributed by atoms with van der Waals surface area (Å²) in [5.41, 5.74) is 0. The van der Waals surface area contributed by atoms with E-state index in [1.165, 1.54) is 0 Å². The Morgan fingerprint density at radius 1 is 0.944 bits per heavy atom. The molecule has 0 spiro atoms. The Morgan fingerprint density at radius 2 is 1.28 bits per heavy atom. The fourth-order valence-electron chi connectivity index (χ4n) is 1.06. The molecule has 2 atom stereocenters. The molecule has 0 fully saturated rings. The first-order valence-electron chi connectivity index (χ1n) is 5.03. The second kappa shape index (κ2) is 8.83. The van der Waals surface area contributed by atoms with Gasteiger partial charge in [0.05, 0.1) is 38.3 Å². The van der Waals surface area contributed by atoms with Crippen molar-refractivity contribution in [2.75, 3.05) is 13.2 Å². The summed E-state index contributed by atoms with van der Waals surface area (Å²) >= 11 is 0. The number of hydrogen-bond donors (Lipinski definition) is 5. The van der Waals surface area contributed by atoms with E-state index in [9.17, 15) is 14.6 Å². The molecule has 0 bridgehead atoms. The molecule has 10 heteroatoms. The molecule has 104 valence electrons. The van der Waals surface area contributed by atoms with Crippen molar-refractivity contribution in [1.82, 2.24) is 0 Å². The average molecular weight is 266 g/mol. The normalized spacial score (nSPS) is 13.9. The van der Waals surface area contributed by atoms with E-state index >= 15 is 0 Å². The zero-order valence-electron chi connectivity index (χ0n) is 9.43. The van der Waals surface area contributed by atoms with E-state index in [0.717, 1.165) is 0 Å². The lowest BCUT2D eigenvalue weighted by Crippen LogP contribution is -2.37. The summed E-state index contributed by atoms with van der Waals surface area (Å²) in [7, 11) is -1.93. The summed E-state index contributed by atoms with van der Waals surface area (Å²) in [6, 6.07) is 0. The molecule has 0 aromatic carbocycles. The third-order valence-electron chi connectivity index (χ3n) is 1.83. The third kappa shape index (κ3) is 7.98. The van der Waals surface area contributed by atoms with Gasteiger partial charge >= 0.3 is 19.3 Å². The van der Waals surface area contributed by atoms with Crippen molar-refractivity contribution in [2.24, 2.45) is 0 Å². The Bertz CT molecular complexity index is 245. The Balaban J connectivity index is 4.16. The molecule has 0 saturated heterocycles. The summed E-state index contributed by atoms with van der Waals surface area (Å²) in [6.45, 7) is -1.31. The van der Waals surface area contributed by atoms with Crippen LogP contribution in [0.15, 0.2) is 0 Å². The predicted octanol–water partition coefficient (Wildman–Crippen LogP) is -2.33. The van der Waals surface area contributed by atoms with Crippen LogP contribution in [0.25, 0.3) is 0 Å². The van der Waals surface area contributed by atoms with Gasteiger partial charge in [0, 0.05) is 0 Å². The van der Waals surface area contributed by atoms with Gasteiger partial charge in [0.15, 0.2) is 0 Å². The van der Waals surface area contributed by atoms with Crippen molar-refractivity contribution in [3.05, 3.63) is 0 Å². The van der Waals surface area contributed by atoms with Gasteiger partial charge in [0.25, 0.3) is 0 Å². The fraction of sp³-hybridized carbons (Fsp3) is 0.750. The molecule has 5 N–H and O–H groups in total. The lowest BCUT2D eigenvalue weighted by Gasteiger charge is -2.19. The standard InChI is InChI=1S/C8H15BO9/c10-3-5(1-7(12)13)17-9(16)18-6(4-11)2-8(14)15/h5-6,10-11,16H,1-4H2,(H,12,13)(H,14,15). The topological polar surface area (TPSA) is 154 Å². The maximum atomic E-state index is 10.3. The second-order valence-electron chi connectivity index (χ2n) is 3.38. The van der Waals surface area contributed by atoms with Crippen molar-refractivity contribution in [3.8, 4) is 0 Å². The molecule has 0 amide bonds. The number of aliphatic carboxylic acids is 2. The summed E-state index contributed by atoms with van der Waals surface area (Å²) < 4.78 is 9.25. The quantitative estimate of drug-likeness (QED) is 0.274. The van der Waals surface area contributed by atoms with E-state index in [0.29, 0.717) is 0 Å². The number of rotatable bonds is 10. The van der Waals surface area contributed by atoms with Crippen LogP contribution in [-0.4, -0.2) is 70.1 Å². The van der Waals surface area contributed by atoms with E-state index in [4.69, 9.17) is 20.4 Å². The number of aliphatic hydroxyl groups excluding tert-OH is 2. The highest BCUT2D eigenvalue weighted by atomic mass is 16.7. The number of carboxylic acids is 2. The average Bonchev–Trinajstić information content (AvgIpc) is 2.25. The van der Waals surface area contributed by atoms with E-state index in [2.05, 4.69) is 9.31 Å². The molecule has 0 aliphatic rings. The molecule has 0 radical (unpaired) electrons. The maximum absolute atomic E-state index is 10.3. The zero-order valence-corrected chi connectivity index (χ0v) is 9.43. The minimum absolute atomic E-state index is 0.556. The Labute approximate surface area is 103 Å². The molecule has 0 aromatic rings. The minimum Gasteiger partial charge on any atom is -0.481 e. The highest BCUT2D eigenvalue weighted by Crippen LogP contribution is 2.05. The highest BCUT2D eigenvalue weighted by molar-refractivity contribution is 6.34. The van der Waals surface area contributed by atoms with Crippen molar-refractivity contribution in [3.63, 3.8) is 0 Å². The second-order valence-corrected chi connectivity index (χ2v) is 3.38. The largest absolute Gasteiger partial charge is 0.637 e. The van der Waals surface area contributed by atoms with Gasteiger partial charge in [-0.25, -0.2) is 0 Å². The maximum Gasteiger partial charge on any atom is 0.637 e. The Hall–Kier alpha value is -1.20. The summed E-state index contributed by atoms with van der Waals surface area (Å²) in [4.78, 5) is 20.7. The smallest absolute Gasteiger partial charge is 0.481 e. The van der Waals surface area contributed by atoms with Gasteiger partial charge in [0.2, 0.25) is 0 Å². The fourth-order valence-corrected chi connectivity index (χ4v) is 1.06. The number of hydrogen-bond acceptors (Lipinski definition) is 7. The summed E-state index contributed by atoms with van der Waals surface area (Å²) in [5, 5.41) is 43.6. The molecular weight excluding hydrogens is 251 g/mol. The van der Waals surface area contributed by atoms with Crippen molar-refractivity contribution < 1.29 is 44.3 Å². The number of aliphatic hydroxyl groups is 2. The first kappa shape index (κ1) is 16.8. The Kier molecular flexibility index (Phi) is 8.25. The SMILES string of the molecule is O=C(O)CC(CO)OB(O)OC(CO)CC(=O)O. The van der Waals surface area contributed by atoms with Gasteiger partial charge in [-0.15, -0.1) is 0 Å². The van der Waals surface area contributed by atoms with Crippen molar-refractivity contribution in [1.29, 1.82) is 0 Å². The van der Waals surface area contributed by atoms with Crippen LogP contribution in [0.3, 0.4) is 0 Å². The van der Waals surface area contributed by atoms with Crippen molar-refractivity contribution >= 4 is 19.3 Å². The molecule has 0 aliphatic carbocycles. The van der Waals surface area contributed by atoms with Gasteiger partial charge in [-0.1, -0.05) is 0 Å². The lowest BCUT2D eigenvalue weighted by molar-refractivity contribution is -0.139. The van der Waals surface area contributed by atoms with Crippen LogP contribution in [0.4, 0.5) is 0 Å². The first-order chi connectivity index (χ1) is 8.38. The molecule has 18 heavy (non-hydrogen) atoms. The minimum atomic E-state index is -1.93. The Morgan fingerprint density at radius 3 is 1.50 bits per heavy atom. The van der Waals surface area contributed by atoms with Crippen LogP contribution in [-0.2, 0) is 18.9 Å². The van der Waals surface area contributed by atoms with Gasteiger partial charge < -0.3 is 34.8 Å². The molecule has 0 aliphatic heterocycles. The van der Waals surface area contributed by atoms with Crippen LogP contribution in [0.1, 0.15) is 12.8 Å². The molecular formula is C8H15BO9. The van der Waals surface area contributed by atoms with Crippen molar-refractivity contribution in [2.45, 2.75) is 25.0 Å². The molecule has 0 aromatic heterocycles. The van der Waals surface area contributed by atoms with Crippen LogP contribution >= 0.6 is 0 Å². The van der Waals surface area contributed by atoms with Gasteiger partial charge in [-0.05, 0) is 0 Å². The third-order valence-corrected chi connectivity index (χ3v) is 1.83. The zero-order chi connectivity index (χ0) is 14.1. The number of carbonyl (C=O) groups is 2. The van der Waals surface area contributed by atoms with E-state index in [1.54, 1.807) is 0 Å². The number of carboxylic acid groups (broad SMARTS) is 2. The van der Waals surface area contributed by atoms with Gasteiger partial charge in [-0.3, -0.25) is 9.59 Å². The molecule has 0 saturated carbocycles. The monoisotopic (exact) mass is 266 g/mol.